The number of rotatable bonds is 13. The zero-order valence-corrected chi connectivity index (χ0v) is 20.7. The molecular formula is C26H35NO6S. The van der Waals surface area contributed by atoms with Crippen LogP contribution in [0.25, 0.3) is 0 Å². The lowest BCUT2D eigenvalue weighted by molar-refractivity contribution is 0.0824. The number of sulfonamides is 1. The van der Waals surface area contributed by atoms with Crippen molar-refractivity contribution in [3.8, 4) is 11.5 Å². The van der Waals surface area contributed by atoms with Gasteiger partial charge in [0.25, 0.3) is 0 Å². The van der Waals surface area contributed by atoms with E-state index in [9.17, 15) is 13.5 Å². The molecular weight excluding hydrogens is 454 g/mol. The third-order valence-corrected chi connectivity index (χ3v) is 8.38. The van der Waals surface area contributed by atoms with Gasteiger partial charge in [0.1, 0.15) is 16.7 Å². The quantitative estimate of drug-likeness (QED) is 0.430. The fourth-order valence-corrected chi connectivity index (χ4v) is 6.19. The Labute approximate surface area is 203 Å². The van der Waals surface area contributed by atoms with Crippen molar-refractivity contribution in [2.75, 3.05) is 20.8 Å². The van der Waals surface area contributed by atoms with Crippen LogP contribution < -0.4 is 9.47 Å². The molecule has 1 saturated heterocycles. The molecule has 2 aromatic rings. The maximum atomic E-state index is 14.0. The van der Waals surface area contributed by atoms with Crippen LogP contribution in [0.5, 0.6) is 11.5 Å². The number of aliphatic hydroxyl groups excluding tert-OH is 1. The van der Waals surface area contributed by atoms with Crippen LogP contribution in [-0.2, 0) is 27.8 Å². The second-order valence-corrected chi connectivity index (χ2v) is 10.7. The normalized spacial score (nSPS) is 17.9. The van der Waals surface area contributed by atoms with Gasteiger partial charge >= 0.3 is 0 Å². The van der Waals surface area contributed by atoms with E-state index in [0.717, 1.165) is 24.0 Å². The van der Waals surface area contributed by atoms with Crippen LogP contribution in [0.1, 0.15) is 36.8 Å². The highest BCUT2D eigenvalue weighted by atomic mass is 32.2. The van der Waals surface area contributed by atoms with E-state index >= 15 is 0 Å². The van der Waals surface area contributed by atoms with Crippen LogP contribution >= 0.6 is 0 Å². The summed E-state index contributed by atoms with van der Waals surface area (Å²) in [7, 11) is -0.728. The zero-order chi connectivity index (χ0) is 24.6. The minimum absolute atomic E-state index is 0.168. The smallest absolute Gasteiger partial charge is 0.220 e. The van der Waals surface area contributed by atoms with Gasteiger partial charge in [-0.15, -0.1) is 6.58 Å². The molecule has 3 atom stereocenters. The number of hydrogen-bond acceptors (Lipinski definition) is 6. The first kappa shape index (κ1) is 26.2. The third-order valence-electron chi connectivity index (χ3n) is 6.13. The van der Waals surface area contributed by atoms with Gasteiger partial charge in [0.2, 0.25) is 10.0 Å². The molecule has 0 bridgehead atoms. The number of hydrogen-bond donors (Lipinski definition) is 1. The van der Waals surface area contributed by atoms with E-state index in [1.54, 1.807) is 20.3 Å². The van der Waals surface area contributed by atoms with Gasteiger partial charge < -0.3 is 19.3 Å². The molecule has 186 valence electrons. The van der Waals surface area contributed by atoms with E-state index < -0.39 is 21.4 Å². The highest BCUT2D eigenvalue weighted by molar-refractivity contribution is 7.89. The molecule has 1 heterocycles. The Morgan fingerprint density at radius 1 is 1.06 bits per heavy atom. The lowest BCUT2D eigenvalue weighted by Gasteiger charge is -2.31. The van der Waals surface area contributed by atoms with Gasteiger partial charge in [-0.05, 0) is 61.1 Å². The summed E-state index contributed by atoms with van der Waals surface area (Å²) in [4.78, 5) is 0. The summed E-state index contributed by atoms with van der Waals surface area (Å²) in [5, 5.41) is 9.86. The van der Waals surface area contributed by atoms with Gasteiger partial charge in [0.05, 0.1) is 26.4 Å². The monoisotopic (exact) mass is 489 g/mol. The van der Waals surface area contributed by atoms with Crippen molar-refractivity contribution in [2.24, 2.45) is 0 Å². The van der Waals surface area contributed by atoms with Crippen molar-refractivity contribution in [3.63, 3.8) is 0 Å². The van der Waals surface area contributed by atoms with E-state index in [0.29, 0.717) is 18.1 Å². The molecule has 0 unspecified atom stereocenters. The first-order chi connectivity index (χ1) is 16.4. The summed E-state index contributed by atoms with van der Waals surface area (Å²) in [5.74, 6) is 1.40. The predicted octanol–water partition coefficient (Wildman–Crippen LogP) is 3.91. The minimum Gasteiger partial charge on any atom is -0.497 e. The Morgan fingerprint density at radius 3 is 2.00 bits per heavy atom. The first-order valence-corrected chi connectivity index (χ1v) is 13.0. The molecule has 0 aromatic heterocycles. The second-order valence-electron chi connectivity index (χ2n) is 8.51. The third kappa shape index (κ3) is 6.82. The van der Waals surface area contributed by atoms with Crippen molar-refractivity contribution < 1.29 is 27.7 Å². The number of nitrogens with zero attached hydrogens (tertiary/aromatic N) is 1. The topological polar surface area (TPSA) is 85.3 Å². The standard InChI is InChI=1S/C26H35NO6S/c1-4-6-25(28)26(17-24-7-5-16-33-24)34(29,30)27(18-20-8-12-22(31-2)13-9-20)19-21-10-14-23(32-3)15-11-21/h4,8-15,24-26,28H,1,5-7,16-19H2,2-3H3/t24-,25+,26-/m0/s1. The molecule has 7 nitrogen and oxygen atoms in total. The van der Waals surface area contributed by atoms with Crippen molar-refractivity contribution in [2.45, 2.75) is 56.2 Å². The van der Waals surface area contributed by atoms with Gasteiger partial charge in [0.15, 0.2) is 0 Å². The van der Waals surface area contributed by atoms with Crippen molar-refractivity contribution in [1.29, 1.82) is 0 Å². The summed E-state index contributed by atoms with van der Waals surface area (Å²) in [5.41, 5.74) is 1.65. The molecule has 2 aromatic carbocycles. The Bertz CT molecular complexity index is 951. The highest BCUT2D eigenvalue weighted by Gasteiger charge is 2.39. The molecule has 0 amide bonds. The van der Waals surface area contributed by atoms with Crippen LogP contribution in [-0.4, -0.2) is 56.1 Å². The number of aliphatic hydroxyl groups is 1. The largest absolute Gasteiger partial charge is 0.497 e. The Hall–Kier alpha value is -2.39. The Kier molecular flexibility index (Phi) is 9.53. The van der Waals surface area contributed by atoms with Crippen molar-refractivity contribution in [3.05, 3.63) is 72.3 Å². The SMILES string of the molecule is C=CC[C@@H](O)[C@H](C[C@@H]1CCCO1)S(=O)(=O)N(Cc1ccc(OC)cc1)Cc1ccc(OC)cc1. The fourth-order valence-electron chi connectivity index (χ4n) is 4.19. The molecule has 0 saturated carbocycles. The molecule has 0 spiro atoms. The molecule has 1 N–H and O–H groups in total. The Balaban J connectivity index is 1.93. The molecule has 1 fully saturated rings. The van der Waals surface area contributed by atoms with Gasteiger partial charge in [-0.2, -0.15) is 4.31 Å². The molecule has 0 aliphatic carbocycles. The van der Waals surface area contributed by atoms with Crippen molar-refractivity contribution >= 4 is 10.0 Å². The van der Waals surface area contributed by atoms with Gasteiger partial charge in [-0.25, -0.2) is 8.42 Å². The van der Waals surface area contributed by atoms with Crippen LogP contribution in [0.15, 0.2) is 61.2 Å². The number of methoxy groups -OCH3 is 2. The lowest BCUT2D eigenvalue weighted by atomic mass is 10.1. The molecule has 1 aliphatic heterocycles. The predicted molar refractivity (Wildman–Crippen MR) is 132 cm³/mol. The maximum absolute atomic E-state index is 14.0. The van der Waals surface area contributed by atoms with Crippen molar-refractivity contribution in [1.82, 2.24) is 4.31 Å². The summed E-state index contributed by atoms with van der Waals surface area (Å²) < 4.78 is 45.7. The fraction of sp³-hybridized carbons (Fsp3) is 0.462. The van der Waals surface area contributed by atoms with Gasteiger partial charge in [0, 0.05) is 19.7 Å². The molecule has 8 heteroatoms. The number of benzene rings is 2. The van der Waals surface area contributed by atoms with Crippen LogP contribution in [0, 0.1) is 0 Å². The number of ether oxygens (including phenoxy) is 3. The van der Waals surface area contributed by atoms with Gasteiger partial charge in [-0.1, -0.05) is 30.3 Å². The highest BCUT2D eigenvalue weighted by Crippen LogP contribution is 2.28. The van der Waals surface area contributed by atoms with E-state index in [4.69, 9.17) is 14.2 Å². The average molecular weight is 490 g/mol. The summed E-state index contributed by atoms with van der Waals surface area (Å²) >= 11 is 0. The van der Waals surface area contributed by atoms with Crippen LogP contribution in [0.4, 0.5) is 0 Å². The maximum Gasteiger partial charge on any atom is 0.220 e. The van der Waals surface area contributed by atoms with Crippen LogP contribution in [0.2, 0.25) is 0 Å². The summed E-state index contributed by atoms with van der Waals surface area (Å²) in [6, 6.07) is 14.6. The van der Waals surface area contributed by atoms with E-state index in [1.807, 2.05) is 48.5 Å². The summed E-state index contributed by atoms with van der Waals surface area (Å²) in [6.45, 7) is 4.64. The molecule has 0 radical (unpaired) electrons. The van der Waals surface area contributed by atoms with Gasteiger partial charge in [-0.3, -0.25) is 0 Å². The molecule has 3 rings (SSSR count). The van der Waals surface area contributed by atoms with E-state index in [2.05, 4.69) is 6.58 Å². The second kappa shape index (κ2) is 12.4. The van der Waals surface area contributed by atoms with Crippen LogP contribution in [0.3, 0.4) is 0 Å². The minimum atomic E-state index is -3.91. The molecule has 34 heavy (non-hydrogen) atoms. The molecule has 1 aliphatic rings. The first-order valence-electron chi connectivity index (χ1n) is 11.5. The Morgan fingerprint density at radius 2 is 1.59 bits per heavy atom. The van der Waals surface area contributed by atoms with E-state index in [1.165, 1.54) is 4.31 Å². The zero-order valence-electron chi connectivity index (χ0n) is 19.9. The summed E-state index contributed by atoms with van der Waals surface area (Å²) in [6.07, 6.45) is 2.44. The lowest BCUT2D eigenvalue weighted by Crippen LogP contribution is -2.45. The van der Waals surface area contributed by atoms with E-state index in [-0.39, 0.29) is 32.0 Å². The average Bonchev–Trinajstić information content (AvgIpc) is 3.36.